The van der Waals surface area contributed by atoms with E-state index in [0.717, 1.165) is 29.9 Å². The predicted molar refractivity (Wildman–Crippen MR) is 79.8 cm³/mol. The highest BCUT2D eigenvalue weighted by atomic mass is 16.7. The Morgan fingerprint density at radius 1 is 1.41 bits per heavy atom. The Hall–Kier alpha value is -1.70. The molecule has 7 heteroatoms. The molecule has 0 bridgehead atoms. The highest BCUT2D eigenvalue weighted by molar-refractivity contribution is 5.67. The van der Waals surface area contributed by atoms with Crippen LogP contribution < -0.4 is 5.32 Å². The number of aryl methyl sites for hydroxylation is 1. The van der Waals surface area contributed by atoms with Crippen LogP contribution in [0.15, 0.2) is 18.5 Å². The van der Waals surface area contributed by atoms with Crippen molar-refractivity contribution in [2.75, 3.05) is 31.7 Å². The van der Waals surface area contributed by atoms with Crippen molar-refractivity contribution >= 4 is 11.3 Å². The summed E-state index contributed by atoms with van der Waals surface area (Å²) in [6.07, 6.45) is 5.23. The molecule has 1 spiro atoms. The lowest BCUT2D eigenvalue weighted by Crippen LogP contribution is -2.38. The van der Waals surface area contributed by atoms with Crippen LogP contribution in [-0.2, 0) is 14.2 Å². The second-order valence-corrected chi connectivity index (χ2v) is 5.85. The number of aromatic nitrogens is 3. The molecule has 2 fully saturated rings. The van der Waals surface area contributed by atoms with Crippen LogP contribution >= 0.6 is 0 Å². The molecule has 2 saturated heterocycles. The maximum Gasteiger partial charge on any atom is 0.173 e. The van der Waals surface area contributed by atoms with E-state index in [-0.39, 0.29) is 6.10 Å². The van der Waals surface area contributed by atoms with E-state index < -0.39 is 5.79 Å². The molecular weight excluding hydrogens is 284 g/mol. The molecule has 2 aliphatic heterocycles. The second kappa shape index (κ2) is 5.49. The van der Waals surface area contributed by atoms with E-state index >= 15 is 0 Å². The van der Waals surface area contributed by atoms with E-state index in [1.807, 2.05) is 23.7 Å². The second-order valence-electron chi connectivity index (χ2n) is 5.85. The quantitative estimate of drug-likeness (QED) is 0.923. The largest absolute Gasteiger partial charge is 0.381 e. The summed E-state index contributed by atoms with van der Waals surface area (Å²) in [5.41, 5.74) is 1.94. The summed E-state index contributed by atoms with van der Waals surface area (Å²) in [6, 6.07) is 2.02. The van der Waals surface area contributed by atoms with E-state index in [9.17, 15) is 0 Å². The Kier molecular flexibility index (Phi) is 3.48. The topological polar surface area (TPSA) is 69.9 Å². The first-order valence-electron chi connectivity index (χ1n) is 7.69. The highest BCUT2D eigenvalue weighted by Gasteiger charge is 2.42. The number of anilines is 1. The minimum Gasteiger partial charge on any atom is -0.381 e. The zero-order valence-electron chi connectivity index (χ0n) is 12.6. The van der Waals surface area contributed by atoms with Gasteiger partial charge in [-0.25, -0.2) is 9.50 Å². The van der Waals surface area contributed by atoms with Gasteiger partial charge in [-0.2, -0.15) is 5.10 Å². The Labute approximate surface area is 128 Å². The van der Waals surface area contributed by atoms with Gasteiger partial charge in [0.05, 0.1) is 25.5 Å². The number of rotatable bonds is 3. The van der Waals surface area contributed by atoms with Gasteiger partial charge in [0.25, 0.3) is 0 Å². The first kappa shape index (κ1) is 13.9. The minimum atomic E-state index is -0.433. The smallest absolute Gasteiger partial charge is 0.173 e. The third-order valence-corrected chi connectivity index (χ3v) is 4.18. The van der Waals surface area contributed by atoms with Crippen molar-refractivity contribution in [2.24, 2.45) is 0 Å². The number of fused-ring (bicyclic) bond motifs is 1. The van der Waals surface area contributed by atoms with Crippen LogP contribution in [0.3, 0.4) is 0 Å². The third kappa shape index (κ3) is 2.55. The summed E-state index contributed by atoms with van der Waals surface area (Å²) in [6.45, 7) is 4.65. The number of nitrogens with zero attached hydrogens (tertiary/aromatic N) is 3. The minimum absolute atomic E-state index is 0.0316. The predicted octanol–water partition coefficient (Wildman–Crippen LogP) is 1.37. The molecule has 0 aliphatic carbocycles. The summed E-state index contributed by atoms with van der Waals surface area (Å²) < 4.78 is 19.2. The van der Waals surface area contributed by atoms with Gasteiger partial charge in [0.1, 0.15) is 11.6 Å². The molecule has 7 nitrogen and oxygen atoms in total. The molecule has 2 aromatic rings. The summed E-state index contributed by atoms with van der Waals surface area (Å²) in [4.78, 5) is 4.40. The lowest BCUT2D eigenvalue weighted by Gasteiger charge is -2.31. The third-order valence-electron chi connectivity index (χ3n) is 4.18. The Morgan fingerprint density at radius 2 is 2.27 bits per heavy atom. The SMILES string of the molecule is Cc1cc2c(NCC3COC4(CCOCC4)O3)nccn2n1. The number of hydrogen-bond acceptors (Lipinski definition) is 6. The molecule has 4 heterocycles. The Balaban J connectivity index is 1.42. The standard InChI is InChI=1S/C15H20N4O3/c1-11-8-13-14(16-4-5-19(13)18-11)17-9-12-10-21-15(22-12)2-6-20-7-3-15/h4-5,8,12H,2-3,6-7,9-10H2,1H3,(H,16,17). The van der Waals surface area contributed by atoms with Gasteiger partial charge < -0.3 is 19.5 Å². The van der Waals surface area contributed by atoms with Crippen LogP contribution in [-0.4, -0.2) is 52.9 Å². The summed E-state index contributed by atoms with van der Waals surface area (Å²) >= 11 is 0. The van der Waals surface area contributed by atoms with Crippen LogP contribution in [0.2, 0.25) is 0 Å². The van der Waals surface area contributed by atoms with Gasteiger partial charge in [-0.15, -0.1) is 0 Å². The first-order valence-corrected chi connectivity index (χ1v) is 7.69. The molecule has 4 rings (SSSR count). The number of hydrogen-bond donors (Lipinski definition) is 1. The van der Waals surface area contributed by atoms with Crippen molar-refractivity contribution in [3.63, 3.8) is 0 Å². The van der Waals surface area contributed by atoms with Crippen LogP contribution in [0, 0.1) is 6.92 Å². The van der Waals surface area contributed by atoms with Crippen LogP contribution in [0.1, 0.15) is 18.5 Å². The molecule has 118 valence electrons. The van der Waals surface area contributed by atoms with E-state index in [0.29, 0.717) is 26.4 Å². The van der Waals surface area contributed by atoms with E-state index in [1.165, 1.54) is 0 Å². The molecule has 1 atom stereocenters. The van der Waals surface area contributed by atoms with Gasteiger partial charge in [0.2, 0.25) is 0 Å². The number of nitrogens with one attached hydrogen (secondary N) is 1. The van der Waals surface area contributed by atoms with E-state index in [1.54, 1.807) is 6.20 Å². The molecule has 0 aromatic carbocycles. The fourth-order valence-electron chi connectivity index (χ4n) is 3.05. The van der Waals surface area contributed by atoms with E-state index in [4.69, 9.17) is 14.2 Å². The molecule has 0 radical (unpaired) electrons. The Morgan fingerprint density at radius 3 is 3.14 bits per heavy atom. The van der Waals surface area contributed by atoms with Crippen molar-refractivity contribution in [3.8, 4) is 0 Å². The highest BCUT2D eigenvalue weighted by Crippen LogP contribution is 2.33. The zero-order chi connectivity index (χ0) is 15.0. The molecule has 22 heavy (non-hydrogen) atoms. The van der Waals surface area contributed by atoms with Gasteiger partial charge in [-0.05, 0) is 13.0 Å². The van der Waals surface area contributed by atoms with Crippen LogP contribution in [0.4, 0.5) is 5.82 Å². The van der Waals surface area contributed by atoms with Crippen LogP contribution in [0.5, 0.6) is 0 Å². The van der Waals surface area contributed by atoms with Gasteiger partial charge in [0.15, 0.2) is 11.6 Å². The summed E-state index contributed by atoms with van der Waals surface area (Å²) in [5, 5.41) is 7.75. The maximum atomic E-state index is 6.11. The maximum absolute atomic E-state index is 6.11. The summed E-state index contributed by atoms with van der Waals surface area (Å²) in [5.74, 6) is 0.386. The molecule has 2 aliphatic rings. The zero-order valence-corrected chi connectivity index (χ0v) is 12.6. The fourth-order valence-corrected chi connectivity index (χ4v) is 3.05. The first-order chi connectivity index (χ1) is 10.7. The average Bonchev–Trinajstić information content (AvgIpc) is 3.09. The normalized spacial score (nSPS) is 24.1. The van der Waals surface area contributed by atoms with Crippen molar-refractivity contribution < 1.29 is 14.2 Å². The number of ether oxygens (including phenoxy) is 3. The summed E-state index contributed by atoms with van der Waals surface area (Å²) in [7, 11) is 0. The molecule has 2 aromatic heterocycles. The van der Waals surface area contributed by atoms with Crippen molar-refractivity contribution in [1.29, 1.82) is 0 Å². The van der Waals surface area contributed by atoms with Crippen molar-refractivity contribution in [1.82, 2.24) is 14.6 Å². The molecular formula is C15H20N4O3. The lowest BCUT2D eigenvalue weighted by molar-refractivity contribution is -0.209. The van der Waals surface area contributed by atoms with Gasteiger partial charge in [0, 0.05) is 31.8 Å². The van der Waals surface area contributed by atoms with Gasteiger partial charge in [-0.3, -0.25) is 0 Å². The van der Waals surface area contributed by atoms with Crippen LogP contribution in [0.25, 0.3) is 5.52 Å². The molecule has 1 N–H and O–H groups in total. The van der Waals surface area contributed by atoms with Crippen molar-refractivity contribution in [3.05, 3.63) is 24.2 Å². The monoisotopic (exact) mass is 304 g/mol. The Bertz CT molecular complexity index is 666. The fraction of sp³-hybridized carbons (Fsp3) is 0.600. The average molecular weight is 304 g/mol. The molecule has 0 saturated carbocycles. The van der Waals surface area contributed by atoms with Crippen molar-refractivity contribution in [2.45, 2.75) is 31.7 Å². The van der Waals surface area contributed by atoms with Gasteiger partial charge in [-0.1, -0.05) is 0 Å². The molecule has 0 amide bonds. The van der Waals surface area contributed by atoms with Gasteiger partial charge >= 0.3 is 0 Å². The lowest BCUT2D eigenvalue weighted by atomic mass is 10.1. The van der Waals surface area contributed by atoms with E-state index in [2.05, 4.69) is 15.4 Å². The molecule has 1 unspecified atom stereocenters.